The van der Waals surface area contributed by atoms with Crippen molar-refractivity contribution in [2.45, 2.75) is 57.1 Å². The summed E-state index contributed by atoms with van der Waals surface area (Å²) < 4.78 is 16.3. The van der Waals surface area contributed by atoms with Crippen LogP contribution in [0, 0.1) is 5.92 Å². The van der Waals surface area contributed by atoms with Gasteiger partial charge in [0.25, 0.3) is 11.8 Å². The van der Waals surface area contributed by atoms with E-state index in [2.05, 4.69) is 5.32 Å². The number of rotatable bonds is 8. The Morgan fingerprint density at radius 1 is 1.15 bits per heavy atom. The molecule has 3 fully saturated rings. The highest BCUT2D eigenvalue weighted by molar-refractivity contribution is 6.07. The van der Waals surface area contributed by atoms with Gasteiger partial charge in [-0.3, -0.25) is 14.5 Å². The van der Waals surface area contributed by atoms with E-state index in [1.165, 1.54) is 4.90 Å². The Morgan fingerprint density at radius 2 is 1.88 bits per heavy atom. The Bertz CT molecular complexity index is 923. The average Bonchev–Trinajstić information content (AvgIpc) is 3.46. The molecule has 1 N–H and O–H groups in total. The lowest BCUT2D eigenvalue weighted by molar-refractivity contribution is -0.135. The maximum atomic E-state index is 13.6. The number of hydrogen-bond acceptors (Lipinski definition) is 6. The van der Waals surface area contributed by atoms with Gasteiger partial charge in [-0.15, -0.1) is 0 Å². The number of nitrogens with one attached hydrogen (secondary N) is 1. The van der Waals surface area contributed by atoms with Gasteiger partial charge in [-0.2, -0.15) is 0 Å². The number of benzene rings is 1. The van der Waals surface area contributed by atoms with Crippen molar-refractivity contribution >= 4 is 17.8 Å². The fourth-order valence-corrected chi connectivity index (χ4v) is 5.57. The minimum atomic E-state index is -0.900. The smallest absolute Gasteiger partial charge is 0.325 e. The van der Waals surface area contributed by atoms with Crippen molar-refractivity contribution in [1.82, 2.24) is 15.1 Å². The quantitative estimate of drug-likeness (QED) is 0.583. The van der Waals surface area contributed by atoms with E-state index in [-0.39, 0.29) is 29.9 Å². The number of carbonyl (C=O) groups excluding carboxylic acids is 3. The van der Waals surface area contributed by atoms with E-state index in [0.29, 0.717) is 62.6 Å². The average molecular weight is 474 g/mol. The van der Waals surface area contributed by atoms with E-state index in [1.54, 1.807) is 32.4 Å². The molecular weight excluding hydrogens is 438 g/mol. The molecule has 2 unspecified atom stereocenters. The van der Waals surface area contributed by atoms with Crippen LogP contribution in [0.4, 0.5) is 4.79 Å². The highest BCUT2D eigenvalue weighted by Gasteiger charge is 2.55. The van der Waals surface area contributed by atoms with E-state index in [9.17, 15) is 14.4 Å². The third-order valence-corrected chi connectivity index (χ3v) is 7.37. The van der Waals surface area contributed by atoms with Crippen LogP contribution < -0.4 is 14.8 Å². The van der Waals surface area contributed by atoms with Crippen LogP contribution in [-0.4, -0.2) is 79.7 Å². The molecule has 0 aliphatic carbocycles. The van der Waals surface area contributed by atoms with Crippen LogP contribution in [0.2, 0.25) is 0 Å². The van der Waals surface area contributed by atoms with E-state index in [1.807, 2.05) is 11.8 Å². The van der Waals surface area contributed by atoms with Gasteiger partial charge in [-0.05, 0) is 56.2 Å². The van der Waals surface area contributed by atoms with Crippen LogP contribution in [0.5, 0.6) is 11.5 Å². The van der Waals surface area contributed by atoms with Crippen molar-refractivity contribution < 1.29 is 28.6 Å². The zero-order valence-electron chi connectivity index (χ0n) is 20.3. The van der Waals surface area contributed by atoms with Crippen LogP contribution in [0.3, 0.4) is 0 Å². The first kappa shape index (κ1) is 24.3. The summed E-state index contributed by atoms with van der Waals surface area (Å²) in [4.78, 5) is 42.7. The molecule has 1 aromatic carbocycles. The SMILES string of the molecule is CCCC1(C2CCN(C(=O)c3ccc(OC)c(OC)c3)CC2)NC(=O)N(CC2CCCO2)C1=O. The molecule has 9 heteroatoms. The standard InChI is InChI=1S/C25H35N3O6/c1-4-11-25(23(30)28(24(31)26-25)16-19-6-5-14-34-19)18-9-12-27(13-10-18)22(29)17-7-8-20(32-2)21(15-17)33-3/h7-8,15,18-19H,4-6,9-14,16H2,1-3H3,(H,26,31). The number of nitrogens with zero attached hydrogens (tertiary/aromatic N) is 2. The summed E-state index contributed by atoms with van der Waals surface area (Å²) in [6.07, 6.45) is 4.43. The van der Waals surface area contributed by atoms with Crippen molar-refractivity contribution in [2.75, 3.05) is 40.5 Å². The molecule has 4 amide bonds. The van der Waals surface area contributed by atoms with Crippen LogP contribution in [0.15, 0.2) is 18.2 Å². The highest BCUT2D eigenvalue weighted by atomic mass is 16.5. The number of imide groups is 1. The largest absolute Gasteiger partial charge is 0.493 e. The maximum Gasteiger partial charge on any atom is 0.325 e. The monoisotopic (exact) mass is 473 g/mol. The summed E-state index contributed by atoms with van der Waals surface area (Å²) in [7, 11) is 3.10. The Kier molecular flexibility index (Phi) is 7.30. The zero-order valence-corrected chi connectivity index (χ0v) is 20.3. The number of hydrogen-bond donors (Lipinski definition) is 1. The minimum Gasteiger partial charge on any atom is -0.493 e. The molecule has 1 aromatic rings. The van der Waals surface area contributed by atoms with Gasteiger partial charge < -0.3 is 24.4 Å². The highest BCUT2D eigenvalue weighted by Crippen LogP contribution is 2.38. The third kappa shape index (κ3) is 4.45. The Labute approximate surface area is 200 Å². The molecule has 0 radical (unpaired) electrons. The number of ether oxygens (including phenoxy) is 3. The molecule has 2 atom stereocenters. The van der Waals surface area contributed by atoms with Gasteiger partial charge in [0, 0.05) is 25.3 Å². The Hall–Kier alpha value is -2.81. The normalized spacial score (nSPS) is 25.6. The minimum absolute atomic E-state index is 0.0205. The van der Waals surface area contributed by atoms with Gasteiger partial charge in [0.1, 0.15) is 5.54 Å². The molecule has 4 rings (SSSR count). The lowest BCUT2D eigenvalue weighted by atomic mass is 9.74. The molecule has 0 spiro atoms. The fourth-order valence-electron chi connectivity index (χ4n) is 5.57. The van der Waals surface area contributed by atoms with Crippen molar-refractivity contribution in [3.63, 3.8) is 0 Å². The Morgan fingerprint density at radius 3 is 2.50 bits per heavy atom. The van der Waals surface area contributed by atoms with Gasteiger partial charge in [0.05, 0.1) is 26.9 Å². The van der Waals surface area contributed by atoms with Crippen LogP contribution in [-0.2, 0) is 9.53 Å². The fraction of sp³-hybridized carbons (Fsp3) is 0.640. The van der Waals surface area contributed by atoms with Crippen LogP contribution in [0.1, 0.15) is 55.8 Å². The number of urea groups is 1. The Balaban J connectivity index is 1.44. The summed E-state index contributed by atoms with van der Waals surface area (Å²) in [5.74, 6) is 0.844. The molecule has 0 aromatic heterocycles. The van der Waals surface area contributed by atoms with E-state index in [0.717, 1.165) is 19.3 Å². The number of carbonyl (C=O) groups is 3. The molecule has 0 bridgehead atoms. The van der Waals surface area contributed by atoms with E-state index >= 15 is 0 Å². The topological polar surface area (TPSA) is 97.4 Å². The van der Waals surface area contributed by atoms with Crippen molar-refractivity contribution in [2.24, 2.45) is 5.92 Å². The second-order valence-corrected chi connectivity index (χ2v) is 9.34. The van der Waals surface area contributed by atoms with Gasteiger partial charge in [-0.25, -0.2) is 4.79 Å². The molecule has 3 saturated heterocycles. The predicted octanol–water partition coefficient (Wildman–Crippen LogP) is 2.83. The molecule has 34 heavy (non-hydrogen) atoms. The second-order valence-electron chi connectivity index (χ2n) is 9.34. The van der Waals surface area contributed by atoms with Crippen molar-refractivity contribution in [3.05, 3.63) is 23.8 Å². The number of amides is 4. The van der Waals surface area contributed by atoms with Crippen molar-refractivity contribution in [3.8, 4) is 11.5 Å². The zero-order chi connectivity index (χ0) is 24.3. The van der Waals surface area contributed by atoms with Gasteiger partial charge in [0.15, 0.2) is 11.5 Å². The number of likely N-dealkylation sites (tertiary alicyclic amines) is 1. The number of methoxy groups -OCH3 is 2. The molecular formula is C25H35N3O6. The molecule has 0 saturated carbocycles. The predicted molar refractivity (Wildman–Crippen MR) is 125 cm³/mol. The van der Waals surface area contributed by atoms with Crippen molar-refractivity contribution in [1.29, 1.82) is 0 Å². The summed E-state index contributed by atoms with van der Waals surface area (Å²) in [6.45, 7) is 4.07. The van der Waals surface area contributed by atoms with Crippen LogP contribution in [0.25, 0.3) is 0 Å². The number of piperidine rings is 1. The van der Waals surface area contributed by atoms with Gasteiger partial charge in [0.2, 0.25) is 0 Å². The van der Waals surface area contributed by atoms with E-state index < -0.39 is 5.54 Å². The van der Waals surface area contributed by atoms with Gasteiger partial charge in [-0.1, -0.05) is 13.3 Å². The molecule has 3 aliphatic rings. The van der Waals surface area contributed by atoms with Gasteiger partial charge >= 0.3 is 6.03 Å². The lowest BCUT2D eigenvalue weighted by Gasteiger charge is -2.41. The maximum absolute atomic E-state index is 13.6. The molecule has 186 valence electrons. The molecule has 3 aliphatic heterocycles. The first-order chi connectivity index (χ1) is 16.4. The van der Waals surface area contributed by atoms with E-state index in [4.69, 9.17) is 14.2 Å². The molecule has 3 heterocycles. The summed E-state index contributed by atoms with van der Waals surface area (Å²) in [5.41, 5.74) is -0.365. The van der Waals surface area contributed by atoms with Crippen LogP contribution >= 0.6 is 0 Å². The summed E-state index contributed by atoms with van der Waals surface area (Å²) in [5, 5.41) is 3.06. The first-order valence-corrected chi connectivity index (χ1v) is 12.2. The lowest BCUT2D eigenvalue weighted by Crippen LogP contribution is -2.56. The second kappa shape index (κ2) is 10.2. The molecule has 9 nitrogen and oxygen atoms in total. The first-order valence-electron chi connectivity index (χ1n) is 12.2. The summed E-state index contributed by atoms with van der Waals surface area (Å²) in [6, 6.07) is 4.83. The third-order valence-electron chi connectivity index (χ3n) is 7.37. The summed E-state index contributed by atoms with van der Waals surface area (Å²) >= 11 is 0.